The fourth-order valence-corrected chi connectivity index (χ4v) is 1.47. The van der Waals surface area contributed by atoms with Crippen LogP contribution in [0, 0.1) is 0 Å². The summed E-state index contributed by atoms with van der Waals surface area (Å²) in [5.74, 6) is -0.392. The van der Waals surface area contributed by atoms with Gasteiger partial charge < -0.3 is 4.74 Å². The van der Waals surface area contributed by atoms with E-state index in [1.165, 1.54) is 0 Å². The lowest BCUT2D eigenvalue weighted by atomic mass is 10.1. The number of nitrogens with zero attached hydrogens (tertiary/aromatic N) is 1. The average molecular weight is 215 g/mol. The first kappa shape index (κ1) is 10.6. The Balaban J connectivity index is 2.44. The molecule has 0 bridgehead atoms. The molecular weight excluding hydrogens is 202 g/mol. The molecule has 1 atom stereocenters. The number of aliphatic imine (C=N–C) groups is 1. The van der Waals surface area contributed by atoms with Gasteiger partial charge in [0.15, 0.2) is 5.71 Å². The summed E-state index contributed by atoms with van der Waals surface area (Å²) >= 11 is 0. The molecule has 1 heterocycles. The van der Waals surface area contributed by atoms with Crippen LogP contribution in [-0.4, -0.2) is 17.4 Å². The van der Waals surface area contributed by atoms with Crippen molar-refractivity contribution in [2.45, 2.75) is 19.6 Å². The van der Waals surface area contributed by atoms with Crippen molar-refractivity contribution in [3.05, 3.63) is 48.0 Å². The minimum absolute atomic E-state index is 0.367. The molecule has 3 heteroatoms. The smallest absolute Gasteiger partial charge is 0.359 e. The summed E-state index contributed by atoms with van der Waals surface area (Å²) < 4.78 is 5.24. The number of carbonyl (C=O) groups is 1. The SMILES string of the molecule is C=C(C)C1(C)N=C(c2ccccc2)C(=O)O1. The molecule has 0 N–H and O–H groups in total. The predicted octanol–water partition coefficient (Wildman–Crippen LogP) is 2.32. The molecule has 0 fully saturated rings. The highest BCUT2D eigenvalue weighted by molar-refractivity contribution is 6.44. The van der Waals surface area contributed by atoms with Gasteiger partial charge in [-0.05, 0) is 12.5 Å². The highest BCUT2D eigenvalue weighted by Crippen LogP contribution is 2.28. The molecule has 0 radical (unpaired) electrons. The van der Waals surface area contributed by atoms with E-state index < -0.39 is 11.7 Å². The van der Waals surface area contributed by atoms with E-state index in [-0.39, 0.29) is 0 Å². The Morgan fingerprint density at radius 3 is 2.50 bits per heavy atom. The average Bonchev–Trinajstić information content (AvgIpc) is 2.57. The van der Waals surface area contributed by atoms with Gasteiger partial charge in [0, 0.05) is 12.5 Å². The predicted molar refractivity (Wildman–Crippen MR) is 62.3 cm³/mol. The van der Waals surface area contributed by atoms with Crippen LogP contribution in [0.4, 0.5) is 0 Å². The van der Waals surface area contributed by atoms with Crippen LogP contribution in [0.3, 0.4) is 0 Å². The number of rotatable bonds is 2. The molecule has 3 nitrogen and oxygen atoms in total. The van der Waals surface area contributed by atoms with Crippen molar-refractivity contribution in [1.29, 1.82) is 0 Å². The quantitative estimate of drug-likeness (QED) is 0.561. The van der Waals surface area contributed by atoms with Gasteiger partial charge in [-0.1, -0.05) is 36.9 Å². The molecule has 0 aliphatic carbocycles. The molecule has 16 heavy (non-hydrogen) atoms. The summed E-state index contributed by atoms with van der Waals surface area (Å²) in [5.41, 5.74) is 0.942. The Bertz CT molecular complexity index is 476. The number of carbonyl (C=O) groups excluding carboxylic acids is 1. The molecule has 82 valence electrons. The number of hydrogen-bond acceptors (Lipinski definition) is 3. The minimum atomic E-state index is -0.914. The van der Waals surface area contributed by atoms with E-state index in [9.17, 15) is 4.79 Å². The molecule has 0 saturated heterocycles. The van der Waals surface area contributed by atoms with Gasteiger partial charge in [-0.3, -0.25) is 0 Å². The number of hydrogen-bond donors (Lipinski definition) is 0. The number of benzene rings is 1. The monoisotopic (exact) mass is 215 g/mol. The molecule has 1 aliphatic heterocycles. The zero-order valence-electron chi connectivity index (χ0n) is 9.36. The summed E-state index contributed by atoms with van der Waals surface area (Å²) in [4.78, 5) is 16.0. The topological polar surface area (TPSA) is 38.7 Å². The van der Waals surface area contributed by atoms with Crippen LogP contribution in [0.2, 0.25) is 0 Å². The van der Waals surface area contributed by atoms with Crippen molar-refractivity contribution in [2.24, 2.45) is 4.99 Å². The second kappa shape index (κ2) is 3.59. The van der Waals surface area contributed by atoms with E-state index >= 15 is 0 Å². The van der Waals surface area contributed by atoms with Gasteiger partial charge in [-0.25, -0.2) is 9.79 Å². The van der Waals surface area contributed by atoms with E-state index in [1.54, 1.807) is 13.8 Å². The Kier molecular flexibility index (Phi) is 2.38. The van der Waals surface area contributed by atoms with E-state index in [0.717, 1.165) is 5.56 Å². The summed E-state index contributed by atoms with van der Waals surface area (Å²) in [6.07, 6.45) is 0. The van der Waals surface area contributed by atoms with Crippen molar-refractivity contribution in [3.63, 3.8) is 0 Å². The van der Waals surface area contributed by atoms with Gasteiger partial charge >= 0.3 is 5.97 Å². The van der Waals surface area contributed by atoms with E-state index in [1.807, 2.05) is 30.3 Å². The first-order chi connectivity index (χ1) is 7.53. The molecule has 1 aromatic rings. The Morgan fingerprint density at radius 2 is 2.00 bits per heavy atom. The highest BCUT2D eigenvalue weighted by atomic mass is 16.6. The Labute approximate surface area is 94.5 Å². The lowest BCUT2D eigenvalue weighted by molar-refractivity contribution is -0.141. The molecule has 0 amide bonds. The highest BCUT2D eigenvalue weighted by Gasteiger charge is 2.38. The number of esters is 1. The van der Waals surface area contributed by atoms with Crippen LogP contribution in [-0.2, 0) is 9.53 Å². The van der Waals surface area contributed by atoms with Crippen LogP contribution in [0.25, 0.3) is 0 Å². The summed E-state index contributed by atoms with van der Waals surface area (Å²) in [6, 6.07) is 9.29. The van der Waals surface area contributed by atoms with Gasteiger partial charge in [-0.15, -0.1) is 0 Å². The largest absolute Gasteiger partial charge is 0.429 e. The third-order valence-corrected chi connectivity index (χ3v) is 2.65. The van der Waals surface area contributed by atoms with Gasteiger partial charge in [0.25, 0.3) is 0 Å². The van der Waals surface area contributed by atoms with Gasteiger partial charge in [-0.2, -0.15) is 0 Å². The van der Waals surface area contributed by atoms with Crippen LogP contribution >= 0.6 is 0 Å². The maximum absolute atomic E-state index is 11.7. The van der Waals surface area contributed by atoms with Crippen molar-refractivity contribution < 1.29 is 9.53 Å². The van der Waals surface area contributed by atoms with Crippen LogP contribution in [0.5, 0.6) is 0 Å². The second-order valence-electron chi connectivity index (χ2n) is 3.98. The van der Waals surface area contributed by atoms with Crippen molar-refractivity contribution in [1.82, 2.24) is 0 Å². The zero-order valence-corrected chi connectivity index (χ0v) is 9.36. The normalized spacial score (nSPS) is 23.9. The van der Waals surface area contributed by atoms with Crippen LogP contribution in [0.15, 0.2) is 47.5 Å². The standard InChI is InChI=1S/C13H13NO2/c1-9(2)13(3)14-11(12(15)16-13)10-7-5-4-6-8-10/h4-8H,1H2,2-3H3. The first-order valence-corrected chi connectivity index (χ1v) is 5.07. The molecule has 0 aromatic heterocycles. The molecular formula is C13H13NO2. The fraction of sp³-hybridized carbons (Fsp3) is 0.231. The fourth-order valence-electron chi connectivity index (χ4n) is 1.47. The third-order valence-electron chi connectivity index (χ3n) is 2.65. The van der Waals surface area contributed by atoms with Crippen LogP contribution in [0.1, 0.15) is 19.4 Å². The van der Waals surface area contributed by atoms with Crippen molar-refractivity contribution >= 4 is 11.7 Å². The summed E-state index contributed by atoms with van der Waals surface area (Å²) in [6.45, 7) is 7.32. The molecule has 0 spiro atoms. The maximum Gasteiger partial charge on any atom is 0.359 e. The second-order valence-corrected chi connectivity index (χ2v) is 3.98. The van der Waals surface area contributed by atoms with Crippen molar-refractivity contribution in [3.8, 4) is 0 Å². The molecule has 1 aromatic carbocycles. The van der Waals surface area contributed by atoms with Crippen LogP contribution < -0.4 is 0 Å². The molecule has 1 aliphatic rings. The van der Waals surface area contributed by atoms with E-state index in [4.69, 9.17) is 4.74 Å². The van der Waals surface area contributed by atoms with Gasteiger partial charge in [0.05, 0.1) is 0 Å². The lowest BCUT2D eigenvalue weighted by Crippen LogP contribution is -2.24. The zero-order chi connectivity index (χ0) is 11.8. The minimum Gasteiger partial charge on any atom is -0.429 e. The van der Waals surface area contributed by atoms with Gasteiger partial charge in [0.1, 0.15) is 0 Å². The van der Waals surface area contributed by atoms with E-state index in [0.29, 0.717) is 11.3 Å². The number of cyclic esters (lactones) is 1. The Hall–Kier alpha value is -1.90. The summed E-state index contributed by atoms with van der Waals surface area (Å²) in [7, 11) is 0. The molecule has 0 saturated carbocycles. The molecule has 2 rings (SSSR count). The van der Waals surface area contributed by atoms with Gasteiger partial charge in [0.2, 0.25) is 5.72 Å². The Morgan fingerprint density at radius 1 is 1.38 bits per heavy atom. The van der Waals surface area contributed by atoms with Crippen molar-refractivity contribution in [2.75, 3.05) is 0 Å². The third kappa shape index (κ3) is 1.65. The molecule has 1 unspecified atom stereocenters. The maximum atomic E-state index is 11.7. The van der Waals surface area contributed by atoms with E-state index in [2.05, 4.69) is 11.6 Å². The summed E-state index contributed by atoms with van der Waals surface area (Å²) in [5, 5.41) is 0. The first-order valence-electron chi connectivity index (χ1n) is 5.07. The number of ether oxygens (including phenoxy) is 1. The lowest BCUT2D eigenvalue weighted by Gasteiger charge is -2.18.